The van der Waals surface area contributed by atoms with E-state index in [0.29, 0.717) is 15.5 Å². The van der Waals surface area contributed by atoms with Crippen LogP contribution in [-0.2, 0) is 10.3 Å². The molecule has 1 aliphatic rings. The Balaban J connectivity index is 2.31. The first kappa shape index (κ1) is 14.8. The van der Waals surface area contributed by atoms with Crippen LogP contribution in [0.5, 0.6) is 0 Å². The van der Waals surface area contributed by atoms with Crippen LogP contribution in [0.4, 0.5) is 9.18 Å². The second-order valence-corrected chi connectivity index (χ2v) is 5.41. The molecule has 0 aliphatic carbocycles. The van der Waals surface area contributed by atoms with E-state index in [9.17, 15) is 14.0 Å². The molecule has 0 aromatic heterocycles. The van der Waals surface area contributed by atoms with E-state index in [-0.39, 0.29) is 0 Å². The highest BCUT2D eigenvalue weighted by atomic mass is 35.5. The number of carbonyl (C=O) groups is 2. The van der Waals surface area contributed by atoms with Crippen molar-refractivity contribution < 1.29 is 14.0 Å². The fourth-order valence-electron chi connectivity index (χ4n) is 2.54. The van der Waals surface area contributed by atoms with Crippen LogP contribution in [-0.4, -0.2) is 20.8 Å². The Labute approximate surface area is 135 Å². The van der Waals surface area contributed by atoms with Crippen LogP contribution in [0, 0.1) is 5.82 Å². The molecule has 4 nitrogen and oxygen atoms in total. The molecule has 7 heteroatoms. The largest absolute Gasteiger partial charge is 0.358 e. The minimum absolute atomic E-state index is 0.344. The van der Waals surface area contributed by atoms with Gasteiger partial charge in [-0.25, -0.2) is 13.6 Å². The molecule has 1 saturated heterocycles. The van der Waals surface area contributed by atoms with Gasteiger partial charge in [0.2, 0.25) is 0 Å². The van der Waals surface area contributed by atoms with Gasteiger partial charge in [0.1, 0.15) is 5.82 Å². The molecule has 2 aromatic carbocycles. The van der Waals surface area contributed by atoms with Gasteiger partial charge in [0, 0.05) is 23.6 Å². The highest BCUT2D eigenvalue weighted by Crippen LogP contribution is 2.44. The molecule has 1 aliphatic heterocycles. The third kappa shape index (κ3) is 1.90. The molecule has 0 bridgehead atoms. The monoisotopic (exact) mass is 338 g/mol. The summed E-state index contributed by atoms with van der Waals surface area (Å²) >= 11 is 11.9. The third-order valence-corrected chi connectivity index (χ3v) is 4.27. The van der Waals surface area contributed by atoms with Gasteiger partial charge in [0.05, 0.1) is 0 Å². The van der Waals surface area contributed by atoms with E-state index in [0.717, 1.165) is 4.42 Å². The Hall–Kier alpha value is -2.11. The highest BCUT2D eigenvalue weighted by molar-refractivity contribution is 6.39. The summed E-state index contributed by atoms with van der Waals surface area (Å²) in [6, 6.07) is 12.8. The van der Waals surface area contributed by atoms with Crippen molar-refractivity contribution in [2.24, 2.45) is 0 Å². The lowest BCUT2D eigenvalue weighted by Crippen LogP contribution is -2.43. The van der Waals surface area contributed by atoms with Crippen LogP contribution in [0.3, 0.4) is 0 Å². The lowest BCUT2D eigenvalue weighted by atomic mass is 9.83. The molecule has 0 spiro atoms. The van der Waals surface area contributed by atoms with Gasteiger partial charge in [-0.15, -0.1) is 0 Å². The zero-order valence-electron chi connectivity index (χ0n) is 11.0. The number of hydrogen-bond donors (Lipinski definition) is 0. The molecule has 1 heterocycles. The van der Waals surface area contributed by atoms with Crippen molar-refractivity contribution in [3.63, 3.8) is 0 Å². The molecule has 3 rings (SSSR count). The van der Waals surface area contributed by atoms with Crippen LogP contribution in [0.2, 0.25) is 0 Å². The van der Waals surface area contributed by atoms with Crippen molar-refractivity contribution in [3.8, 4) is 0 Å². The van der Waals surface area contributed by atoms with E-state index in [1.807, 2.05) is 0 Å². The van der Waals surface area contributed by atoms with Gasteiger partial charge in [0.15, 0.2) is 5.54 Å². The number of benzene rings is 2. The molecule has 3 amide bonds. The summed E-state index contributed by atoms with van der Waals surface area (Å²) in [5.74, 6) is -1.18. The maximum Gasteiger partial charge on any atom is 0.358 e. The first-order valence-corrected chi connectivity index (χ1v) is 6.99. The van der Waals surface area contributed by atoms with Crippen molar-refractivity contribution in [3.05, 3.63) is 71.5 Å². The molecular weight excluding hydrogens is 330 g/mol. The number of carbonyl (C=O) groups excluding carboxylic acids is 2. The number of halogens is 3. The first-order valence-electron chi connectivity index (χ1n) is 6.31. The van der Waals surface area contributed by atoms with Crippen molar-refractivity contribution in [1.82, 2.24) is 8.84 Å². The van der Waals surface area contributed by atoms with Gasteiger partial charge in [-0.05, 0) is 23.3 Å². The second-order valence-electron chi connectivity index (χ2n) is 4.73. The maximum absolute atomic E-state index is 13.2. The Kier molecular flexibility index (Phi) is 3.54. The summed E-state index contributed by atoms with van der Waals surface area (Å²) in [6.07, 6.45) is 0. The number of urea groups is 1. The molecule has 0 radical (unpaired) electrons. The van der Waals surface area contributed by atoms with Crippen molar-refractivity contribution in [2.75, 3.05) is 0 Å². The minimum Gasteiger partial charge on any atom is -0.269 e. The summed E-state index contributed by atoms with van der Waals surface area (Å²) in [7, 11) is 0. The van der Waals surface area contributed by atoms with Crippen molar-refractivity contribution in [2.45, 2.75) is 5.54 Å². The Morgan fingerprint density at radius 2 is 1.41 bits per heavy atom. The summed E-state index contributed by atoms with van der Waals surface area (Å²) in [6.45, 7) is 0. The molecule has 112 valence electrons. The lowest BCUT2D eigenvalue weighted by Gasteiger charge is -2.31. The van der Waals surface area contributed by atoms with E-state index in [2.05, 4.69) is 0 Å². The van der Waals surface area contributed by atoms with Gasteiger partial charge in [-0.2, -0.15) is 4.42 Å². The standard InChI is InChI=1S/C15H9Cl2FN2O2/c16-19-13(21)15(20(17)14(19)22,10-4-2-1-3-5-10)11-6-8-12(18)9-7-11/h1-9H/t15-/m1/s1. The summed E-state index contributed by atoms with van der Waals surface area (Å²) < 4.78 is 14.4. The number of hydrogen-bond acceptors (Lipinski definition) is 2. The van der Waals surface area contributed by atoms with Crippen LogP contribution in [0.1, 0.15) is 11.1 Å². The zero-order chi connectivity index (χ0) is 15.9. The Bertz CT molecular complexity index is 739. The Morgan fingerprint density at radius 3 is 1.91 bits per heavy atom. The summed E-state index contributed by atoms with van der Waals surface area (Å²) in [5, 5.41) is 0. The number of rotatable bonds is 2. The van der Waals surface area contributed by atoms with Gasteiger partial charge in [-0.1, -0.05) is 42.5 Å². The number of nitrogens with zero attached hydrogens (tertiary/aromatic N) is 2. The second kappa shape index (κ2) is 5.26. The molecule has 1 atom stereocenters. The zero-order valence-corrected chi connectivity index (χ0v) is 12.6. The average Bonchev–Trinajstić information content (AvgIpc) is 2.71. The molecule has 1 fully saturated rings. The highest BCUT2D eigenvalue weighted by Gasteiger charge is 2.59. The smallest absolute Gasteiger partial charge is 0.269 e. The molecular formula is C15H9Cl2FN2O2. The van der Waals surface area contributed by atoms with E-state index >= 15 is 0 Å². The van der Waals surface area contributed by atoms with Crippen LogP contribution in [0.25, 0.3) is 0 Å². The summed E-state index contributed by atoms with van der Waals surface area (Å²) in [5.41, 5.74) is -0.829. The van der Waals surface area contributed by atoms with Crippen molar-refractivity contribution in [1.29, 1.82) is 0 Å². The van der Waals surface area contributed by atoms with Gasteiger partial charge in [-0.3, -0.25) is 4.79 Å². The lowest BCUT2D eigenvalue weighted by molar-refractivity contribution is -0.128. The molecule has 22 heavy (non-hydrogen) atoms. The first-order chi connectivity index (χ1) is 10.5. The van der Waals surface area contributed by atoms with E-state index in [1.54, 1.807) is 30.3 Å². The number of imide groups is 1. The topological polar surface area (TPSA) is 40.6 Å². The molecule has 2 aromatic rings. The summed E-state index contributed by atoms with van der Waals surface area (Å²) in [4.78, 5) is 24.7. The van der Waals surface area contributed by atoms with Gasteiger partial charge < -0.3 is 0 Å². The van der Waals surface area contributed by atoms with E-state index < -0.39 is 23.3 Å². The van der Waals surface area contributed by atoms with Crippen LogP contribution >= 0.6 is 23.6 Å². The third-order valence-electron chi connectivity index (χ3n) is 3.57. The predicted molar refractivity (Wildman–Crippen MR) is 79.4 cm³/mol. The molecule has 0 unspecified atom stereocenters. The predicted octanol–water partition coefficient (Wildman–Crippen LogP) is 3.64. The quantitative estimate of drug-likeness (QED) is 0.619. The van der Waals surface area contributed by atoms with E-state index in [1.165, 1.54) is 24.3 Å². The van der Waals surface area contributed by atoms with Gasteiger partial charge in [0.25, 0.3) is 5.91 Å². The molecule has 0 saturated carbocycles. The maximum atomic E-state index is 13.2. The Morgan fingerprint density at radius 1 is 0.864 bits per heavy atom. The fraction of sp³-hybridized carbons (Fsp3) is 0.0667. The minimum atomic E-state index is -1.63. The van der Waals surface area contributed by atoms with Crippen LogP contribution < -0.4 is 0 Å². The van der Waals surface area contributed by atoms with Crippen LogP contribution in [0.15, 0.2) is 54.6 Å². The molecule has 0 N–H and O–H groups in total. The fourth-order valence-corrected chi connectivity index (χ4v) is 3.12. The van der Waals surface area contributed by atoms with Crippen molar-refractivity contribution >= 4 is 35.5 Å². The van der Waals surface area contributed by atoms with Gasteiger partial charge >= 0.3 is 6.03 Å². The number of amides is 3. The normalized spacial score (nSPS) is 21.6. The SMILES string of the molecule is O=C1N(Cl)C(=O)[C@@](c2ccccc2)(c2ccc(F)cc2)N1Cl. The van der Waals surface area contributed by atoms with E-state index in [4.69, 9.17) is 23.6 Å². The average molecular weight is 339 g/mol.